The molecule has 1 aliphatic heterocycles. The van der Waals surface area contributed by atoms with Gasteiger partial charge in [-0.15, -0.1) is 0 Å². The molecule has 0 spiro atoms. The highest BCUT2D eigenvalue weighted by Crippen LogP contribution is 2.35. The Kier molecular flexibility index (Phi) is 3.16. The van der Waals surface area contributed by atoms with Gasteiger partial charge >= 0.3 is 0 Å². The fourth-order valence-electron chi connectivity index (χ4n) is 3.31. The van der Waals surface area contributed by atoms with Gasteiger partial charge in [0.15, 0.2) is 0 Å². The van der Waals surface area contributed by atoms with E-state index in [2.05, 4.69) is 30.0 Å². The van der Waals surface area contributed by atoms with Gasteiger partial charge in [-0.05, 0) is 31.4 Å². The van der Waals surface area contributed by atoms with Gasteiger partial charge in [0.1, 0.15) is 0 Å². The van der Waals surface area contributed by atoms with Gasteiger partial charge in [-0.25, -0.2) is 0 Å². The van der Waals surface area contributed by atoms with Crippen LogP contribution in [0.3, 0.4) is 0 Å². The Morgan fingerprint density at radius 2 is 2.11 bits per heavy atom. The van der Waals surface area contributed by atoms with Crippen LogP contribution in [0.5, 0.6) is 0 Å². The molecule has 2 fully saturated rings. The number of hydrogen-bond donors (Lipinski definition) is 1. The maximum Gasteiger partial charge on any atom is 0.0779 e. The number of para-hydroxylation sites is 1. The number of ether oxygens (including phenoxy) is 1. The fraction of sp³-hybridized carbons (Fsp3) is 0.600. The Morgan fingerprint density at radius 1 is 1.28 bits per heavy atom. The maximum absolute atomic E-state index is 6.25. The third-order valence-electron chi connectivity index (χ3n) is 4.34. The minimum atomic E-state index is 0.410. The fourth-order valence-corrected chi connectivity index (χ4v) is 3.31. The first-order chi connectivity index (χ1) is 8.77. The molecule has 3 rings (SSSR count). The standard InChI is InChI=1S/C15H22N2O/c1-11-5-4-7-13(15(11)16)17-9-10-18-14-8-3-2-6-12(14)17/h4-5,7,12,14H,2-3,6,8-10,16H2,1H3. The summed E-state index contributed by atoms with van der Waals surface area (Å²) in [6.45, 7) is 3.88. The molecule has 2 aliphatic rings. The summed E-state index contributed by atoms with van der Waals surface area (Å²) in [5.41, 5.74) is 9.56. The molecule has 0 bridgehead atoms. The number of hydrogen-bond acceptors (Lipinski definition) is 3. The molecule has 0 amide bonds. The van der Waals surface area contributed by atoms with Crippen molar-refractivity contribution in [3.63, 3.8) is 0 Å². The number of fused-ring (bicyclic) bond motifs is 1. The van der Waals surface area contributed by atoms with Crippen LogP contribution in [0, 0.1) is 6.92 Å². The summed E-state index contributed by atoms with van der Waals surface area (Å²) in [6, 6.07) is 6.86. The molecule has 2 N–H and O–H groups in total. The van der Waals surface area contributed by atoms with E-state index in [1.807, 2.05) is 0 Å². The van der Waals surface area contributed by atoms with Crippen LogP contribution in [0.15, 0.2) is 18.2 Å². The lowest BCUT2D eigenvalue weighted by Gasteiger charge is -2.45. The third-order valence-corrected chi connectivity index (χ3v) is 4.34. The zero-order chi connectivity index (χ0) is 12.5. The molecule has 2 atom stereocenters. The molecule has 3 nitrogen and oxygen atoms in total. The summed E-state index contributed by atoms with van der Waals surface area (Å²) in [4.78, 5) is 2.48. The number of morpholine rings is 1. The highest BCUT2D eigenvalue weighted by atomic mass is 16.5. The van der Waals surface area contributed by atoms with Crippen molar-refractivity contribution < 1.29 is 4.74 Å². The molecular weight excluding hydrogens is 224 g/mol. The normalized spacial score (nSPS) is 27.9. The van der Waals surface area contributed by atoms with Gasteiger partial charge in [-0.3, -0.25) is 0 Å². The molecule has 1 heterocycles. The summed E-state index contributed by atoms with van der Waals surface area (Å²) in [6.07, 6.45) is 5.46. The highest BCUT2D eigenvalue weighted by molar-refractivity contribution is 5.71. The van der Waals surface area contributed by atoms with E-state index in [9.17, 15) is 0 Å². The second kappa shape index (κ2) is 4.81. The smallest absolute Gasteiger partial charge is 0.0779 e. The van der Waals surface area contributed by atoms with Crippen LogP contribution in [0.1, 0.15) is 31.2 Å². The van der Waals surface area contributed by atoms with E-state index in [-0.39, 0.29) is 0 Å². The van der Waals surface area contributed by atoms with E-state index in [0.29, 0.717) is 12.1 Å². The van der Waals surface area contributed by atoms with Crippen molar-refractivity contribution in [3.05, 3.63) is 23.8 Å². The number of nitrogen functional groups attached to an aromatic ring is 1. The summed E-state index contributed by atoms with van der Waals surface area (Å²) in [5.74, 6) is 0. The van der Waals surface area contributed by atoms with Gasteiger partial charge in [0, 0.05) is 6.54 Å². The summed E-state index contributed by atoms with van der Waals surface area (Å²) < 4.78 is 5.92. The topological polar surface area (TPSA) is 38.5 Å². The first kappa shape index (κ1) is 11.8. The van der Waals surface area contributed by atoms with Crippen LogP contribution in [0.4, 0.5) is 11.4 Å². The number of anilines is 2. The summed E-state index contributed by atoms with van der Waals surface area (Å²) in [7, 11) is 0. The lowest BCUT2D eigenvalue weighted by atomic mass is 9.89. The first-order valence-electron chi connectivity index (χ1n) is 7.00. The number of aryl methyl sites for hydroxylation is 1. The molecule has 0 radical (unpaired) electrons. The highest BCUT2D eigenvalue weighted by Gasteiger charge is 2.34. The van der Waals surface area contributed by atoms with Gasteiger partial charge in [0.25, 0.3) is 0 Å². The molecule has 0 aromatic heterocycles. The monoisotopic (exact) mass is 246 g/mol. The van der Waals surface area contributed by atoms with Gasteiger partial charge in [-0.1, -0.05) is 25.0 Å². The lowest BCUT2D eigenvalue weighted by Crippen LogP contribution is -2.53. The second-order valence-electron chi connectivity index (χ2n) is 5.46. The van der Waals surface area contributed by atoms with Crippen molar-refractivity contribution in [2.45, 2.75) is 44.8 Å². The molecule has 3 heteroatoms. The zero-order valence-corrected chi connectivity index (χ0v) is 11.1. The Balaban J connectivity index is 1.92. The van der Waals surface area contributed by atoms with Crippen LogP contribution in [0.2, 0.25) is 0 Å². The van der Waals surface area contributed by atoms with Crippen LogP contribution in [-0.2, 0) is 4.74 Å². The Labute approximate surface area is 109 Å². The Morgan fingerprint density at radius 3 is 3.00 bits per heavy atom. The molecule has 1 aliphatic carbocycles. The van der Waals surface area contributed by atoms with Crippen molar-refractivity contribution >= 4 is 11.4 Å². The van der Waals surface area contributed by atoms with Gasteiger partial charge in [0.05, 0.1) is 30.1 Å². The largest absolute Gasteiger partial charge is 0.397 e. The number of nitrogens with two attached hydrogens (primary N) is 1. The van der Waals surface area contributed by atoms with Crippen LogP contribution in [0.25, 0.3) is 0 Å². The van der Waals surface area contributed by atoms with E-state index in [0.717, 1.165) is 18.8 Å². The van der Waals surface area contributed by atoms with E-state index >= 15 is 0 Å². The van der Waals surface area contributed by atoms with Crippen molar-refractivity contribution in [2.24, 2.45) is 0 Å². The average Bonchev–Trinajstić information content (AvgIpc) is 2.41. The quantitative estimate of drug-likeness (QED) is 0.774. The third kappa shape index (κ3) is 1.97. The first-order valence-corrected chi connectivity index (χ1v) is 7.00. The van der Waals surface area contributed by atoms with E-state index in [4.69, 9.17) is 10.5 Å². The van der Waals surface area contributed by atoms with Gasteiger partial charge in [0.2, 0.25) is 0 Å². The average molecular weight is 246 g/mol. The molecule has 1 saturated carbocycles. The molecule has 18 heavy (non-hydrogen) atoms. The second-order valence-corrected chi connectivity index (χ2v) is 5.46. The van der Waals surface area contributed by atoms with Crippen LogP contribution < -0.4 is 10.6 Å². The van der Waals surface area contributed by atoms with Gasteiger partial charge in [-0.2, -0.15) is 0 Å². The van der Waals surface area contributed by atoms with Crippen molar-refractivity contribution in [1.29, 1.82) is 0 Å². The summed E-state index contributed by atoms with van der Waals surface area (Å²) in [5, 5.41) is 0. The van der Waals surface area contributed by atoms with Crippen LogP contribution >= 0.6 is 0 Å². The maximum atomic E-state index is 6.25. The van der Waals surface area contributed by atoms with Crippen molar-refractivity contribution in [3.8, 4) is 0 Å². The molecular formula is C15H22N2O. The van der Waals surface area contributed by atoms with E-state index in [1.165, 1.54) is 36.9 Å². The van der Waals surface area contributed by atoms with Gasteiger partial charge < -0.3 is 15.4 Å². The molecule has 2 unspecified atom stereocenters. The Bertz CT molecular complexity index is 431. The minimum absolute atomic E-state index is 0.410. The van der Waals surface area contributed by atoms with Crippen molar-refractivity contribution in [2.75, 3.05) is 23.8 Å². The minimum Gasteiger partial charge on any atom is -0.397 e. The van der Waals surface area contributed by atoms with Crippen LogP contribution in [-0.4, -0.2) is 25.3 Å². The molecule has 1 saturated heterocycles. The number of rotatable bonds is 1. The molecule has 1 aromatic carbocycles. The van der Waals surface area contributed by atoms with Crippen molar-refractivity contribution in [1.82, 2.24) is 0 Å². The number of benzene rings is 1. The number of nitrogens with zero attached hydrogens (tertiary/aromatic N) is 1. The van der Waals surface area contributed by atoms with E-state index < -0.39 is 0 Å². The SMILES string of the molecule is Cc1cccc(N2CCOC3CCCCC32)c1N. The molecule has 1 aromatic rings. The zero-order valence-electron chi connectivity index (χ0n) is 11.1. The predicted octanol–water partition coefficient (Wildman–Crippen LogP) is 2.73. The summed E-state index contributed by atoms with van der Waals surface area (Å²) >= 11 is 0. The van der Waals surface area contributed by atoms with E-state index in [1.54, 1.807) is 0 Å². The lowest BCUT2D eigenvalue weighted by molar-refractivity contribution is -0.00862. The Hall–Kier alpha value is -1.22. The molecule has 98 valence electrons. The predicted molar refractivity (Wildman–Crippen MR) is 74.9 cm³/mol.